The quantitative estimate of drug-likeness (QED) is 0.569. The van der Waals surface area contributed by atoms with E-state index in [-0.39, 0.29) is 18.0 Å². The Hall–Kier alpha value is -3.75. The molecule has 0 aliphatic heterocycles. The predicted octanol–water partition coefficient (Wildman–Crippen LogP) is 4.95. The van der Waals surface area contributed by atoms with Crippen LogP contribution in [0.3, 0.4) is 0 Å². The molecule has 6 nitrogen and oxygen atoms in total. The van der Waals surface area contributed by atoms with Gasteiger partial charge in [-0.2, -0.15) is 13.2 Å². The van der Waals surface area contributed by atoms with E-state index in [1.807, 2.05) is 0 Å². The minimum Gasteiger partial charge on any atom is -0.495 e. The van der Waals surface area contributed by atoms with Gasteiger partial charge in [0.15, 0.2) is 0 Å². The third kappa shape index (κ3) is 5.63. The molecule has 1 heterocycles. The lowest BCUT2D eigenvalue weighted by Crippen LogP contribution is -2.22. The van der Waals surface area contributed by atoms with E-state index in [1.54, 1.807) is 48.8 Å². The number of pyridine rings is 1. The number of alkyl halides is 3. The summed E-state index contributed by atoms with van der Waals surface area (Å²) in [5, 5.41) is 5.33. The minimum atomic E-state index is -4.52. The van der Waals surface area contributed by atoms with E-state index in [4.69, 9.17) is 9.47 Å². The Morgan fingerprint density at radius 1 is 1.00 bits per heavy atom. The summed E-state index contributed by atoms with van der Waals surface area (Å²) in [4.78, 5) is 16.1. The van der Waals surface area contributed by atoms with Crippen LogP contribution < -0.4 is 20.1 Å². The van der Waals surface area contributed by atoms with E-state index >= 15 is 0 Å². The lowest BCUT2D eigenvalue weighted by atomic mass is 10.1. The molecule has 0 aliphatic carbocycles. The summed E-state index contributed by atoms with van der Waals surface area (Å²) >= 11 is 0. The van der Waals surface area contributed by atoms with Crippen molar-refractivity contribution in [2.24, 2.45) is 0 Å². The Bertz CT molecular complexity index is 994. The number of amides is 1. The lowest BCUT2D eigenvalue weighted by Gasteiger charge is -2.14. The maximum absolute atomic E-state index is 12.9. The molecule has 0 spiro atoms. The number of nitrogens with zero attached hydrogens (tertiary/aromatic N) is 1. The Morgan fingerprint density at radius 3 is 2.30 bits per heavy atom. The highest BCUT2D eigenvalue weighted by molar-refractivity contribution is 5.95. The van der Waals surface area contributed by atoms with Crippen molar-refractivity contribution in [3.63, 3.8) is 0 Å². The van der Waals surface area contributed by atoms with Crippen molar-refractivity contribution in [3.05, 3.63) is 72.6 Å². The van der Waals surface area contributed by atoms with Crippen molar-refractivity contribution in [1.82, 2.24) is 4.98 Å². The normalized spacial score (nSPS) is 10.9. The second-order valence-electron chi connectivity index (χ2n) is 6.12. The smallest absolute Gasteiger partial charge is 0.416 e. The predicted molar refractivity (Wildman–Crippen MR) is 106 cm³/mol. The van der Waals surface area contributed by atoms with Crippen LogP contribution in [0.5, 0.6) is 17.2 Å². The number of carbonyl (C=O) groups excluding carboxylic acids is 1. The van der Waals surface area contributed by atoms with Crippen LogP contribution in [0.15, 0.2) is 67.0 Å². The van der Waals surface area contributed by atoms with Crippen molar-refractivity contribution in [3.8, 4) is 17.2 Å². The van der Waals surface area contributed by atoms with Crippen LogP contribution in [0.2, 0.25) is 0 Å². The third-order valence-electron chi connectivity index (χ3n) is 3.99. The number of aromatic nitrogens is 1. The van der Waals surface area contributed by atoms with E-state index in [0.29, 0.717) is 17.2 Å². The second kappa shape index (κ2) is 9.17. The number of rotatable bonds is 7. The average molecular weight is 417 g/mol. The zero-order valence-electron chi connectivity index (χ0n) is 15.9. The lowest BCUT2D eigenvalue weighted by molar-refractivity contribution is -0.137. The van der Waals surface area contributed by atoms with E-state index in [1.165, 1.54) is 7.11 Å². The van der Waals surface area contributed by atoms with Gasteiger partial charge in [0.25, 0.3) is 0 Å². The standard InChI is InChI=1S/C21H18F3N3O3/c1-29-19-7-2-14(21(22,23)24)12-18(19)27-20(28)13-26-15-3-5-16(6-4-15)30-17-8-10-25-11-9-17/h2-12,26H,13H2,1H3,(H,27,28). The number of anilines is 2. The molecule has 0 bridgehead atoms. The number of carbonyl (C=O) groups is 1. The van der Waals surface area contributed by atoms with Crippen molar-refractivity contribution in [2.75, 3.05) is 24.3 Å². The molecule has 0 fully saturated rings. The van der Waals surface area contributed by atoms with E-state index < -0.39 is 17.6 Å². The molecule has 2 N–H and O–H groups in total. The summed E-state index contributed by atoms with van der Waals surface area (Å²) in [6.07, 6.45) is -1.30. The van der Waals surface area contributed by atoms with Gasteiger partial charge in [0, 0.05) is 18.1 Å². The molecular weight excluding hydrogens is 399 g/mol. The SMILES string of the molecule is COc1ccc(C(F)(F)F)cc1NC(=O)CNc1ccc(Oc2ccncc2)cc1. The van der Waals surface area contributed by atoms with Crippen LogP contribution in [0.1, 0.15) is 5.56 Å². The average Bonchev–Trinajstić information content (AvgIpc) is 2.73. The maximum Gasteiger partial charge on any atom is 0.416 e. The van der Waals surface area contributed by atoms with Crippen LogP contribution >= 0.6 is 0 Å². The third-order valence-corrected chi connectivity index (χ3v) is 3.99. The molecule has 156 valence electrons. The van der Waals surface area contributed by atoms with Crippen LogP contribution in [0.4, 0.5) is 24.5 Å². The molecule has 1 amide bonds. The molecule has 9 heteroatoms. The van der Waals surface area contributed by atoms with Crippen molar-refractivity contribution in [2.45, 2.75) is 6.18 Å². The number of methoxy groups -OCH3 is 1. The summed E-state index contributed by atoms with van der Waals surface area (Å²) in [7, 11) is 1.31. The van der Waals surface area contributed by atoms with E-state index in [0.717, 1.165) is 18.2 Å². The van der Waals surface area contributed by atoms with Gasteiger partial charge in [-0.3, -0.25) is 9.78 Å². The highest BCUT2D eigenvalue weighted by Crippen LogP contribution is 2.34. The largest absolute Gasteiger partial charge is 0.495 e. The number of ether oxygens (including phenoxy) is 2. The summed E-state index contributed by atoms with van der Waals surface area (Å²) in [6.45, 7) is -0.149. The van der Waals surface area contributed by atoms with Gasteiger partial charge in [0.1, 0.15) is 17.2 Å². The first-order chi connectivity index (χ1) is 14.3. The van der Waals surface area contributed by atoms with Gasteiger partial charge in [0.05, 0.1) is 24.9 Å². The van der Waals surface area contributed by atoms with E-state index in [2.05, 4.69) is 15.6 Å². The number of hydrogen-bond donors (Lipinski definition) is 2. The van der Waals surface area contributed by atoms with Gasteiger partial charge in [-0.15, -0.1) is 0 Å². The maximum atomic E-state index is 12.9. The first-order valence-corrected chi connectivity index (χ1v) is 8.82. The molecule has 0 radical (unpaired) electrons. The molecular formula is C21H18F3N3O3. The Morgan fingerprint density at radius 2 is 1.67 bits per heavy atom. The summed E-state index contributed by atoms with van der Waals surface area (Å²) in [5.41, 5.74) is -0.292. The van der Waals surface area contributed by atoms with Gasteiger partial charge >= 0.3 is 6.18 Å². The van der Waals surface area contributed by atoms with Gasteiger partial charge in [-0.1, -0.05) is 0 Å². The van der Waals surface area contributed by atoms with Crippen molar-refractivity contribution in [1.29, 1.82) is 0 Å². The highest BCUT2D eigenvalue weighted by atomic mass is 19.4. The fourth-order valence-electron chi connectivity index (χ4n) is 2.54. The highest BCUT2D eigenvalue weighted by Gasteiger charge is 2.31. The van der Waals surface area contributed by atoms with E-state index in [9.17, 15) is 18.0 Å². The molecule has 3 rings (SSSR count). The number of nitrogens with one attached hydrogen (secondary N) is 2. The molecule has 0 saturated carbocycles. The Kier molecular flexibility index (Phi) is 6.41. The summed E-state index contributed by atoms with van der Waals surface area (Å²) < 4.78 is 49.4. The zero-order chi connectivity index (χ0) is 21.6. The van der Waals surface area contributed by atoms with Crippen molar-refractivity contribution >= 4 is 17.3 Å². The fourth-order valence-corrected chi connectivity index (χ4v) is 2.54. The molecule has 0 atom stereocenters. The molecule has 2 aromatic carbocycles. The minimum absolute atomic E-state index is 0.0553. The van der Waals surface area contributed by atoms with Crippen molar-refractivity contribution < 1.29 is 27.4 Å². The van der Waals surface area contributed by atoms with Crippen LogP contribution in [-0.4, -0.2) is 24.5 Å². The molecule has 0 unspecified atom stereocenters. The first kappa shape index (κ1) is 21.0. The summed E-state index contributed by atoms with van der Waals surface area (Å²) in [6, 6.07) is 13.2. The summed E-state index contributed by atoms with van der Waals surface area (Å²) in [5.74, 6) is 0.851. The van der Waals surface area contributed by atoms with Crippen LogP contribution in [0, 0.1) is 0 Å². The molecule has 1 aromatic heterocycles. The Balaban J connectivity index is 1.58. The number of halogens is 3. The second-order valence-corrected chi connectivity index (χ2v) is 6.12. The van der Waals surface area contributed by atoms with Crippen LogP contribution in [-0.2, 0) is 11.0 Å². The fraction of sp³-hybridized carbons (Fsp3) is 0.143. The van der Waals surface area contributed by atoms with Gasteiger partial charge < -0.3 is 20.1 Å². The number of hydrogen-bond acceptors (Lipinski definition) is 5. The molecule has 30 heavy (non-hydrogen) atoms. The molecule has 3 aromatic rings. The molecule has 0 aliphatic rings. The monoisotopic (exact) mass is 417 g/mol. The van der Waals surface area contributed by atoms with Gasteiger partial charge in [-0.25, -0.2) is 0 Å². The molecule has 0 saturated heterocycles. The Labute approximate surface area is 170 Å². The van der Waals surface area contributed by atoms with Gasteiger partial charge in [-0.05, 0) is 54.6 Å². The van der Waals surface area contributed by atoms with Gasteiger partial charge in [0.2, 0.25) is 5.91 Å². The number of benzene rings is 2. The van der Waals surface area contributed by atoms with Crippen LogP contribution in [0.25, 0.3) is 0 Å². The zero-order valence-corrected chi connectivity index (χ0v) is 15.9. The topological polar surface area (TPSA) is 72.5 Å². The first-order valence-electron chi connectivity index (χ1n) is 8.82.